The van der Waals surface area contributed by atoms with E-state index in [0.717, 1.165) is 109 Å². The monoisotopic (exact) mass is 921 g/mol. The number of unbranched alkanes of at least 4 members (excludes halogenated alkanes) is 27. The Morgan fingerprint density at radius 2 is 0.561 bits per heavy atom. The van der Waals surface area contributed by atoms with Gasteiger partial charge in [-0.2, -0.15) is 0 Å². The summed E-state index contributed by atoms with van der Waals surface area (Å²) in [5.41, 5.74) is 0. The lowest BCUT2D eigenvalue weighted by Gasteiger charge is -2.18. The Kier molecular flexibility index (Phi) is 51.9. The molecule has 0 aromatic heterocycles. The molecule has 0 aliphatic carbocycles. The zero-order chi connectivity index (χ0) is 47.9. The molecular weight excluding hydrogens is 817 g/mol. The first-order chi connectivity index (χ1) is 32.5. The fourth-order valence-electron chi connectivity index (χ4n) is 7.64. The highest BCUT2D eigenvalue weighted by Crippen LogP contribution is 2.14. The number of rotatable bonds is 50. The third kappa shape index (κ3) is 51.8. The molecule has 0 aliphatic heterocycles. The predicted octanol–water partition coefficient (Wildman–Crippen LogP) is 18.6. The number of hydrogen-bond acceptors (Lipinski definition) is 6. The van der Waals surface area contributed by atoms with E-state index in [4.69, 9.17) is 14.2 Å². The smallest absolute Gasteiger partial charge is 0.306 e. The van der Waals surface area contributed by atoms with Gasteiger partial charge in [-0.15, -0.1) is 0 Å². The Morgan fingerprint density at radius 3 is 0.939 bits per heavy atom. The quantitative estimate of drug-likeness (QED) is 0.0262. The normalized spacial score (nSPS) is 12.6. The molecular formula is C60H104O6. The van der Waals surface area contributed by atoms with Crippen LogP contribution >= 0.6 is 0 Å². The van der Waals surface area contributed by atoms with Crippen LogP contribution in [-0.2, 0) is 28.6 Å². The van der Waals surface area contributed by atoms with Gasteiger partial charge in [0.25, 0.3) is 0 Å². The minimum atomic E-state index is -0.793. The first kappa shape index (κ1) is 62.8. The first-order valence-electron chi connectivity index (χ1n) is 27.9. The summed E-state index contributed by atoms with van der Waals surface area (Å²) in [5, 5.41) is 0. The molecule has 0 spiro atoms. The molecule has 1 atom stereocenters. The van der Waals surface area contributed by atoms with E-state index in [1.165, 1.54) is 122 Å². The number of esters is 3. The van der Waals surface area contributed by atoms with Crippen molar-refractivity contribution >= 4 is 17.9 Å². The summed E-state index contributed by atoms with van der Waals surface area (Å²) in [4.78, 5) is 38.1. The van der Waals surface area contributed by atoms with Crippen molar-refractivity contribution in [3.8, 4) is 0 Å². The zero-order valence-corrected chi connectivity index (χ0v) is 43.4. The Labute approximate surface area is 408 Å². The summed E-state index contributed by atoms with van der Waals surface area (Å²) >= 11 is 0. The van der Waals surface area contributed by atoms with Crippen LogP contribution in [0.15, 0.2) is 72.9 Å². The highest BCUT2D eigenvalue weighted by Gasteiger charge is 2.19. The largest absolute Gasteiger partial charge is 0.462 e. The minimum Gasteiger partial charge on any atom is -0.462 e. The minimum absolute atomic E-state index is 0.0916. The lowest BCUT2D eigenvalue weighted by atomic mass is 10.1. The van der Waals surface area contributed by atoms with Gasteiger partial charge in [-0.1, -0.05) is 216 Å². The van der Waals surface area contributed by atoms with Gasteiger partial charge in [0.2, 0.25) is 0 Å². The fraction of sp³-hybridized carbons (Fsp3) is 0.750. The molecule has 0 unspecified atom stereocenters. The Bertz CT molecular complexity index is 1240. The third-order valence-corrected chi connectivity index (χ3v) is 11.9. The molecule has 0 saturated carbocycles. The van der Waals surface area contributed by atoms with Gasteiger partial charge in [0.15, 0.2) is 6.10 Å². The van der Waals surface area contributed by atoms with E-state index in [1.807, 2.05) is 0 Å². The van der Waals surface area contributed by atoms with E-state index < -0.39 is 6.10 Å². The predicted molar refractivity (Wildman–Crippen MR) is 284 cm³/mol. The second-order valence-electron chi connectivity index (χ2n) is 18.5. The molecule has 6 nitrogen and oxygen atoms in total. The summed E-state index contributed by atoms with van der Waals surface area (Å²) in [7, 11) is 0. The standard InChI is InChI=1S/C60H104O6/c1-4-7-10-13-16-19-22-25-28-30-32-35-38-41-44-47-50-53-59(62)65-56-57(55-64-58(61)52-49-46-43-40-37-34-27-24-21-18-15-12-9-6-3)66-60(63)54-51-48-45-42-39-36-33-31-29-26-23-20-17-14-11-8-5-2/h15-16,18-19,24-29,32,35,57H,4-14,17,20-23,30-31,33-34,36-56H2,1-3H3/b18-15-,19-16-,27-24-,28-25-,29-26-,35-32-/t57-/m1/s1. The van der Waals surface area contributed by atoms with Gasteiger partial charge in [0.1, 0.15) is 13.2 Å². The zero-order valence-electron chi connectivity index (χ0n) is 43.4. The van der Waals surface area contributed by atoms with Crippen LogP contribution in [-0.4, -0.2) is 37.2 Å². The highest BCUT2D eigenvalue weighted by molar-refractivity contribution is 5.71. The van der Waals surface area contributed by atoms with Gasteiger partial charge < -0.3 is 14.2 Å². The topological polar surface area (TPSA) is 78.9 Å². The summed E-state index contributed by atoms with van der Waals surface area (Å²) in [6.07, 6.45) is 68.8. The van der Waals surface area contributed by atoms with Crippen molar-refractivity contribution in [1.82, 2.24) is 0 Å². The second kappa shape index (κ2) is 54.5. The van der Waals surface area contributed by atoms with E-state index in [0.29, 0.717) is 19.3 Å². The van der Waals surface area contributed by atoms with Crippen molar-refractivity contribution in [3.05, 3.63) is 72.9 Å². The van der Waals surface area contributed by atoms with Gasteiger partial charge in [-0.25, -0.2) is 0 Å². The van der Waals surface area contributed by atoms with Crippen molar-refractivity contribution in [1.29, 1.82) is 0 Å². The molecule has 0 aromatic rings. The van der Waals surface area contributed by atoms with Gasteiger partial charge in [-0.05, 0) is 109 Å². The summed E-state index contributed by atoms with van der Waals surface area (Å²) in [6.45, 7) is 6.54. The van der Waals surface area contributed by atoms with Crippen molar-refractivity contribution in [3.63, 3.8) is 0 Å². The van der Waals surface area contributed by atoms with E-state index in [-0.39, 0.29) is 31.1 Å². The maximum Gasteiger partial charge on any atom is 0.306 e. The van der Waals surface area contributed by atoms with Crippen molar-refractivity contribution < 1.29 is 28.6 Å². The number of allylic oxidation sites excluding steroid dienone is 12. The summed E-state index contributed by atoms with van der Waals surface area (Å²) < 4.78 is 16.8. The lowest BCUT2D eigenvalue weighted by molar-refractivity contribution is -0.167. The third-order valence-electron chi connectivity index (χ3n) is 11.9. The van der Waals surface area contributed by atoms with Gasteiger partial charge in [-0.3, -0.25) is 14.4 Å². The highest BCUT2D eigenvalue weighted by atomic mass is 16.6. The molecule has 0 heterocycles. The van der Waals surface area contributed by atoms with Crippen LogP contribution in [0.4, 0.5) is 0 Å². The summed E-state index contributed by atoms with van der Waals surface area (Å²) in [5.74, 6) is -0.925. The van der Waals surface area contributed by atoms with Crippen LogP contribution in [0, 0.1) is 0 Å². The van der Waals surface area contributed by atoms with Crippen molar-refractivity contribution in [2.24, 2.45) is 0 Å². The molecule has 0 saturated heterocycles. The van der Waals surface area contributed by atoms with Crippen LogP contribution in [0.3, 0.4) is 0 Å². The number of ether oxygens (including phenoxy) is 3. The van der Waals surface area contributed by atoms with Crippen molar-refractivity contribution in [2.75, 3.05) is 13.2 Å². The molecule has 0 rings (SSSR count). The number of hydrogen-bond donors (Lipinski definition) is 0. The van der Waals surface area contributed by atoms with E-state index in [2.05, 4.69) is 93.7 Å². The molecule has 0 N–H and O–H groups in total. The van der Waals surface area contributed by atoms with Crippen LogP contribution in [0.5, 0.6) is 0 Å². The van der Waals surface area contributed by atoms with Crippen LogP contribution in [0.25, 0.3) is 0 Å². The lowest BCUT2D eigenvalue weighted by Crippen LogP contribution is -2.30. The van der Waals surface area contributed by atoms with Crippen LogP contribution in [0.2, 0.25) is 0 Å². The molecule has 0 amide bonds. The SMILES string of the molecule is CCCC/C=C\C/C=C\CCCCCCCC(=O)OC[C@H](COC(=O)CCCCCC/C=C\C/C=C\C/C=C\CCCCC)OC(=O)CCCCCCCCC/C=C\CCCCCCCC. The van der Waals surface area contributed by atoms with E-state index >= 15 is 0 Å². The maximum atomic E-state index is 12.8. The first-order valence-corrected chi connectivity index (χ1v) is 27.9. The van der Waals surface area contributed by atoms with Crippen LogP contribution in [0.1, 0.15) is 271 Å². The Hall–Kier alpha value is -3.15. The van der Waals surface area contributed by atoms with Crippen molar-refractivity contribution in [2.45, 2.75) is 277 Å². The molecule has 6 heteroatoms. The average Bonchev–Trinajstić information content (AvgIpc) is 3.31. The van der Waals surface area contributed by atoms with E-state index in [9.17, 15) is 14.4 Å². The maximum absolute atomic E-state index is 12.8. The Balaban J connectivity index is 4.44. The van der Waals surface area contributed by atoms with Crippen LogP contribution < -0.4 is 0 Å². The number of carbonyl (C=O) groups excluding carboxylic acids is 3. The number of carbonyl (C=O) groups is 3. The molecule has 0 bridgehead atoms. The van der Waals surface area contributed by atoms with E-state index in [1.54, 1.807) is 0 Å². The average molecular weight is 921 g/mol. The van der Waals surface area contributed by atoms with Gasteiger partial charge in [0.05, 0.1) is 0 Å². The molecule has 380 valence electrons. The molecule has 0 radical (unpaired) electrons. The molecule has 0 aromatic carbocycles. The Morgan fingerprint density at radius 1 is 0.303 bits per heavy atom. The molecule has 66 heavy (non-hydrogen) atoms. The molecule has 0 fully saturated rings. The van der Waals surface area contributed by atoms with Gasteiger partial charge >= 0.3 is 17.9 Å². The summed E-state index contributed by atoms with van der Waals surface area (Å²) in [6, 6.07) is 0. The molecule has 0 aliphatic rings. The van der Waals surface area contributed by atoms with Gasteiger partial charge in [0, 0.05) is 19.3 Å². The second-order valence-corrected chi connectivity index (χ2v) is 18.5. The fourth-order valence-corrected chi connectivity index (χ4v) is 7.64.